The first-order valence-corrected chi connectivity index (χ1v) is 10.5. The van der Waals surface area contributed by atoms with E-state index in [9.17, 15) is 5.11 Å². The summed E-state index contributed by atoms with van der Waals surface area (Å²) in [4.78, 5) is 0. The zero-order valence-electron chi connectivity index (χ0n) is 17.2. The van der Waals surface area contributed by atoms with E-state index >= 15 is 0 Å². The largest absolute Gasteiger partial charge is 0.497 e. The van der Waals surface area contributed by atoms with Crippen molar-refractivity contribution in [2.75, 3.05) is 19.5 Å². The molecule has 0 amide bonds. The molecule has 0 radical (unpaired) electrons. The van der Waals surface area contributed by atoms with Gasteiger partial charge in [0, 0.05) is 18.4 Å². The third-order valence-corrected chi connectivity index (χ3v) is 5.73. The summed E-state index contributed by atoms with van der Waals surface area (Å²) in [6.45, 7) is 4.49. The second kappa shape index (κ2) is 9.80. The molecule has 3 rings (SSSR count). The van der Waals surface area contributed by atoms with Crippen molar-refractivity contribution in [3.05, 3.63) is 54.1 Å². The molecule has 0 aliphatic rings. The average Bonchev–Trinajstić information content (AvgIpc) is 3.11. The SMILES string of the molecule is COc1ccc(-c2nnc(SC[C@@H](O)COc3ccccc3C(C)C)n2C)cc1. The van der Waals surface area contributed by atoms with Crippen molar-refractivity contribution in [3.8, 4) is 22.9 Å². The van der Waals surface area contributed by atoms with Gasteiger partial charge >= 0.3 is 0 Å². The van der Waals surface area contributed by atoms with Gasteiger partial charge in [0.05, 0.1) is 13.2 Å². The molecule has 0 saturated carbocycles. The number of aliphatic hydroxyl groups is 1. The second-order valence-electron chi connectivity index (χ2n) is 7.06. The molecule has 6 nitrogen and oxygen atoms in total. The second-order valence-corrected chi connectivity index (χ2v) is 8.05. The number of aliphatic hydroxyl groups excluding tert-OH is 1. The van der Waals surface area contributed by atoms with Gasteiger partial charge in [-0.3, -0.25) is 0 Å². The molecule has 3 aromatic rings. The molecule has 0 unspecified atom stereocenters. The maximum absolute atomic E-state index is 10.4. The van der Waals surface area contributed by atoms with Crippen molar-refractivity contribution < 1.29 is 14.6 Å². The van der Waals surface area contributed by atoms with E-state index in [4.69, 9.17) is 9.47 Å². The normalized spacial score (nSPS) is 12.2. The van der Waals surface area contributed by atoms with E-state index in [1.165, 1.54) is 11.8 Å². The zero-order chi connectivity index (χ0) is 20.8. The van der Waals surface area contributed by atoms with Gasteiger partial charge in [-0.15, -0.1) is 10.2 Å². The summed E-state index contributed by atoms with van der Waals surface area (Å²) in [5.74, 6) is 3.23. The number of methoxy groups -OCH3 is 1. The molecule has 0 aliphatic heterocycles. The highest BCUT2D eigenvalue weighted by Crippen LogP contribution is 2.27. The van der Waals surface area contributed by atoms with Crippen LogP contribution in [0.1, 0.15) is 25.3 Å². The molecular formula is C22H27N3O3S. The summed E-state index contributed by atoms with van der Waals surface area (Å²) in [6, 6.07) is 15.6. The number of thioether (sulfide) groups is 1. The van der Waals surface area contributed by atoms with Gasteiger partial charge in [-0.1, -0.05) is 43.8 Å². The Morgan fingerprint density at radius 2 is 1.79 bits per heavy atom. The molecule has 154 valence electrons. The number of ether oxygens (including phenoxy) is 2. The van der Waals surface area contributed by atoms with Crippen molar-refractivity contribution in [1.82, 2.24) is 14.8 Å². The summed E-state index contributed by atoms with van der Waals surface area (Å²) in [5, 5.41) is 19.6. The van der Waals surface area contributed by atoms with Gasteiger partial charge in [-0.2, -0.15) is 0 Å². The Labute approximate surface area is 175 Å². The lowest BCUT2D eigenvalue weighted by molar-refractivity contribution is 0.125. The van der Waals surface area contributed by atoms with Gasteiger partial charge in [0.15, 0.2) is 11.0 Å². The predicted molar refractivity (Wildman–Crippen MR) is 116 cm³/mol. The Morgan fingerprint density at radius 3 is 2.48 bits per heavy atom. The first kappa shape index (κ1) is 21.2. The van der Waals surface area contributed by atoms with Crippen LogP contribution in [0.5, 0.6) is 11.5 Å². The quantitative estimate of drug-likeness (QED) is 0.532. The van der Waals surface area contributed by atoms with E-state index in [0.29, 0.717) is 11.7 Å². The van der Waals surface area contributed by atoms with Crippen LogP contribution < -0.4 is 9.47 Å². The van der Waals surface area contributed by atoms with Gasteiger partial charge in [-0.05, 0) is 41.8 Å². The Morgan fingerprint density at radius 1 is 1.07 bits per heavy atom. The highest BCUT2D eigenvalue weighted by molar-refractivity contribution is 7.99. The molecular weight excluding hydrogens is 386 g/mol. The molecule has 0 fully saturated rings. The Balaban J connectivity index is 1.57. The third-order valence-electron chi connectivity index (χ3n) is 4.56. The standard InChI is InChI=1S/C22H27N3O3S/c1-15(2)19-7-5-6-8-20(19)28-13-17(26)14-29-22-24-23-21(25(22)3)16-9-11-18(27-4)12-10-16/h5-12,15,17,26H,13-14H2,1-4H3/t17-/m0/s1. The fourth-order valence-corrected chi connectivity index (χ4v) is 3.74. The van der Waals surface area contributed by atoms with Crippen LogP contribution in [0.3, 0.4) is 0 Å². The van der Waals surface area contributed by atoms with Crippen molar-refractivity contribution in [2.45, 2.75) is 31.0 Å². The highest BCUT2D eigenvalue weighted by atomic mass is 32.2. The summed E-state index contributed by atoms with van der Waals surface area (Å²) in [5.41, 5.74) is 2.10. The van der Waals surface area contributed by atoms with Gasteiger partial charge in [0.25, 0.3) is 0 Å². The van der Waals surface area contributed by atoms with Crippen molar-refractivity contribution in [2.24, 2.45) is 7.05 Å². The van der Waals surface area contributed by atoms with Crippen LogP contribution in [0.2, 0.25) is 0 Å². The van der Waals surface area contributed by atoms with E-state index in [0.717, 1.165) is 33.6 Å². The molecule has 0 bridgehead atoms. The summed E-state index contributed by atoms with van der Waals surface area (Å²) >= 11 is 1.46. The van der Waals surface area contributed by atoms with E-state index in [-0.39, 0.29) is 6.61 Å². The number of benzene rings is 2. The van der Waals surface area contributed by atoms with E-state index in [1.807, 2.05) is 54.1 Å². The average molecular weight is 414 g/mol. The lowest BCUT2D eigenvalue weighted by Gasteiger charge is -2.16. The minimum atomic E-state index is -0.610. The summed E-state index contributed by atoms with van der Waals surface area (Å²) in [6.07, 6.45) is -0.610. The predicted octanol–water partition coefficient (Wildman–Crippen LogP) is 4.15. The lowest BCUT2D eigenvalue weighted by atomic mass is 10.0. The van der Waals surface area contributed by atoms with Crippen molar-refractivity contribution >= 4 is 11.8 Å². The number of nitrogens with zero attached hydrogens (tertiary/aromatic N) is 3. The first-order chi connectivity index (χ1) is 14.0. The number of para-hydroxylation sites is 1. The molecule has 29 heavy (non-hydrogen) atoms. The van der Waals surface area contributed by atoms with Gasteiger partial charge in [0.1, 0.15) is 18.1 Å². The fraction of sp³-hybridized carbons (Fsp3) is 0.364. The Bertz CT molecular complexity index is 925. The number of hydrogen-bond acceptors (Lipinski definition) is 6. The van der Waals surface area contributed by atoms with Crippen LogP contribution in [0, 0.1) is 0 Å². The Hall–Kier alpha value is -2.51. The summed E-state index contributed by atoms with van der Waals surface area (Å²) < 4.78 is 13.0. The van der Waals surface area contributed by atoms with E-state index in [2.05, 4.69) is 30.1 Å². The van der Waals surface area contributed by atoms with E-state index < -0.39 is 6.10 Å². The lowest BCUT2D eigenvalue weighted by Crippen LogP contribution is -2.20. The van der Waals surface area contributed by atoms with Gasteiger partial charge in [0.2, 0.25) is 0 Å². The van der Waals surface area contributed by atoms with Crippen LogP contribution in [0.25, 0.3) is 11.4 Å². The molecule has 0 aliphatic carbocycles. The minimum absolute atomic E-state index is 0.236. The monoisotopic (exact) mass is 413 g/mol. The molecule has 7 heteroatoms. The molecule has 1 atom stereocenters. The van der Waals surface area contributed by atoms with Crippen LogP contribution in [0.15, 0.2) is 53.7 Å². The van der Waals surface area contributed by atoms with Gasteiger partial charge in [-0.25, -0.2) is 0 Å². The van der Waals surface area contributed by atoms with Crippen molar-refractivity contribution in [1.29, 1.82) is 0 Å². The van der Waals surface area contributed by atoms with Crippen LogP contribution in [-0.4, -0.2) is 45.4 Å². The maximum Gasteiger partial charge on any atom is 0.191 e. The molecule has 1 heterocycles. The van der Waals surface area contributed by atoms with Crippen molar-refractivity contribution in [3.63, 3.8) is 0 Å². The zero-order valence-corrected chi connectivity index (χ0v) is 18.0. The van der Waals surface area contributed by atoms with Gasteiger partial charge < -0.3 is 19.1 Å². The third kappa shape index (κ3) is 5.31. The topological polar surface area (TPSA) is 69.4 Å². The molecule has 1 N–H and O–H groups in total. The van der Waals surface area contributed by atoms with E-state index in [1.54, 1.807) is 7.11 Å². The Kier molecular flexibility index (Phi) is 7.17. The molecule has 1 aromatic heterocycles. The van der Waals surface area contributed by atoms with Crippen LogP contribution in [0.4, 0.5) is 0 Å². The van der Waals surface area contributed by atoms with Crippen LogP contribution >= 0.6 is 11.8 Å². The molecule has 2 aromatic carbocycles. The summed E-state index contributed by atoms with van der Waals surface area (Å²) in [7, 11) is 3.56. The van der Waals surface area contributed by atoms with Crippen LogP contribution in [-0.2, 0) is 7.05 Å². The first-order valence-electron chi connectivity index (χ1n) is 9.56. The minimum Gasteiger partial charge on any atom is -0.497 e. The molecule has 0 saturated heterocycles. The maximum atomic E-state index is 10.4. The smallest absolute Gasteiger partial charge is 0.191 e. The highest BCUT2D eigenvalue weighted by Gasteiger charge is 2.15. The number of rotatable bonds is 9. The fourth-order valence-electron chi connectivity index (χ4n) is 2.93. The number of aromatic nitrogens is 3. The number of hydrogen-bond donors (Lipinski definition) is 1. The molecule has 0 spiro atoms.